The number of anilines is 1. The molecule has 5 rings (SSSR count). The molecule has 0 spiro atoms. The summed E-state index contributed by atoms with van der Waals surface area (Å²) >= 11 is 0. The van der Waals surface area contributed by atoms with Crippen LogP contribution in [0.25, 0.3) is 34.0 Å². The van der Waals surface area contributed by atoms with E-state index in [0.717, 1.165) is 52.8 Å². The number of ether oxygens (including phenoxy) is 1. The van der Waals surface area contributed by atoms with Gasteiger partial charge in [0.25, 0.3) is 5.89 Å². The van der Waals surface area contributed by atoms with Crippen molar-refractivity contribution in [2.45, 2.75) is 39.2 Å². The molecule has 2 atom stereocenters. The molecule has 0 saturated heterocycles. The van der Waals surface area contributed by atoms with Crippen LogP contribution in [0, 0.1) is 12.8 Å². The minimum atomic E-state index is -0.0781. The van der Waals surface area contributed by atoms with Crippen molar-refractivity contribution in [2.24, 2.45) is 5.92 Å². The van der Waals surface area contributed by atoms with Gasteiger partial charge >= 0.3 is 5.97 Å². The molecule has 1 fully saturated rings. The van der Waals surface area contributed by atoms with Crippen molar-refractivity contribution in [2.75, 3.05) is 11.9 Å². The van der Waals surface area contributed by atoms with E-state index in [4.69, 9.17) is 14.2 Å². The monoisotopic (exact) mass is 467 g/mol. The Kier molecular flexibility index (Phi) is 6.62. The highest BCUT2D eigenvalue weighted by Crippen LogP contribution is 2.34. The van der Waals surface area contributed by atoms with E-state index in [1.807, 2.05) is 49.4 Å². The summed E-state index contributed by atoms with van der Waals surface area (Å²) in [5.41, 5.74) is 6.11. The van der Waals surface area contributed by atoms with Crippen LogP contribution in [0.5, 0.6) is 0 Å². The van der Waals surface area contributed by atoms with Crippen LogP contribution in [0.15, 0.2) is 77.3 Å². The molecule has 178 valence electrons. The predicted octanol–water partition coefficient (Wildman–Crippen LogP) is 6.52. The summed E-state index contributed by atoms with van der Waals surface area (Å²) in [5.74, 6) is 0.963. The van der Waals surface area contributed by atoms with Crippen LogP contribution in [-0.4, -0.2) is 28.8 Å². The van der Waals surface area contributed by atoms with Crippen LogP contribution in [0.3, 0.4) is 0 Å². The molecule has 6 nitrogen and oxygen atoms in total. The molecule has 1 heterocycles. The Morgan fingerprint density at radius 1 is 1.00 bits per heavy atom. The SMILES string of the molecule is CCOC(=O)[C@@H]1CCC(Nc2ccc(-c3noc(-c4ccccc4-c4ccccc4)n3)cc2C)C1. The second-order valence-corrected chi connectivity index (χ2v) is 8.97. The molecule has 1 aliphatic rings. The van der Waals surface area contributed by atoms with E-state index in [1.165, 1.54) is 0 Å². The van der Waals surface area contributed by atoms with Gasteiger partial charge in [-0.05, 0) is 74.1 Å². The van der Waals surface area contributed by atoms with Crippen molar-refractivity contribution in [3.05, 3.63) is 78.4 Å². The molecule has 0 aliphatic heterocycles. The maximum absolute atomic E-state index is 12.0. The lowest BCUT2D eigenvalue weighted by Gasteiger charge is -2.17. The Hall–Kier alpha value is -3.93. The van der Waals surface area contributed by atoms with Crippen molar-refractivity contribution in [3.63, 3.8) is 0 Å². The normalized spacial score (nSPS) is 17.3. The number of nitrogens with zero attached hydrogens (tertiary/aromatic N) is 2. The van der Waals surface area contributed by atoms with Crippen LogP contribution in [0.2, 0.25) is 0 Å². The number of esters is 1. The van der Waals surface area contributed by atoms with E-state index in [2.05, 4.69) is 47.7 Å². The van der Waals surface area contributed by atoms with Gasteiger partial charge in [-0.25, -0.2) is 0 Å². The van der Waals surface area contributed by atoms with Gasteiger partial charge in [-0.3, -0.25) is 4.79 Å². The summed E-state index contributed by atoms with van der Waals surface area (Å²) in [7, 11) is 0. The smallest absolute Gasteiger partial charge is 0.308 e. The quantitative estimate of drug-likeness (QED) is 0.312. The van der Waals surface area contributed by atoms with Gasteiger partial charge in [0.2, 0.25) is 5.82 Å². The summed E-state index contributed by atoms with van der Waals surface area (Å²) in [5, 5.41) is 7.86. The third-order valence-corrected chi connectivity index (χ3v) is 6.57. The number of benzene rings is 3. The fourth-order valence-corrected chi connectivity index (χ4v) is 4.76. The Bertz CT molecular complexity index is 1320. The molecular weight excluding hydrogens is 438 g/mol. The summed E-state index contributed by atoms with van der Waals surface area (Å²) in [4.78, 5) is 16.8. The van der Waals surface area contributed by atoms with Gasteiger partial charge in [0.05, 0.1) is 12.5 Å². The van der Waals surface area contributed by atoms with Gasteiger partial charge in [0.1, 0.15) is 0 Å². The topological polar surface area (TPSA) is 77.2 Å². The number of carbonyl (C=O) groups is 1. The number of rotatable bonds is 7. The molecular formula is C29H29N3O3. The first-order chi connectivity index (χ1) is 17.1. The third-order valence-electron chi connectivity index (χ3n) is 6.57. The van der Waals surface area contributed by atoms with E-state index in [-0.39, 0.29) is 17.9 Å². The van der Waals surface area contributed by atoms with Crippen LogP contribution in [0.1, 0.15) is 31.7 Å². The summed E-state index contributed by atoms with van der Waals surface area (Å²) in [6, 6.07) is 24.6. The van der Waals surface area contributed by atoms with Crippen molar-refractivity contribution in [1.82, 2.24) is 10.1 Å². The zero-order valence-corrected chi connectivity index (χ0v) is 20.0. The van der Waals surface area contributed by atoms with Crippen molar-refractivity contribution >= 4 is 11.7 Å². The maximum Gasteiger partial charge on any atom is 0.308 e. The van der Waals surface area contributed by atoms with E-state index >= 15 is 0 Å². The predicted molar refractivity (Wildman–Crippen MR) is 137 cm³/mol. The van der Waals surface area contributed by atoms with Crippen molar-refractivity contribution < 1.29 is 14.1 Å². The van der Waals surface area contributed by atoms with Crippen LogP contribution in [0.4, 0.5) is 5.69 Å². The molecule has 1 N–H and O–H groups in total. The molecule has 0 bridgehead atoms. The highest BCUT2D eigenvalue weighted by molar-refractivity contribution is 5.80. The van der Waals surface area contributed by atoms with Gasteiger partial charge in [0, 0.05) is 22.9 Å². The second kappa shape index (κ2) is 10.1. The number of aryl methyl sites for hydroxylation is 1. The molecule has 1 aromatic heterocycles. The zero-order valence-electron chi connectivity index (χ0n) is 20.0. The van der Waals surface area contributed by atoms with Crippen LogP contribution in [-0.2, 0) is 9.53 Å². The fourth-order valence-electron chi connectivity index (χ4n) is 4.76. The van der Waals surface area contributed by atoms with Crippen LogP contribution >= 0.6 is 0 Å². The Morgan fingerprint density at radius 3 is 2.54 bits per heavy atom. The van der Waals surface area contributed by atoms with E-state index in [9.17, 15) is 4.79 Å². The molecule has 1 aliphatic carbocycles. The Balaban J connectivity index is 1.32. The maximum atomic E-state index is 12.0. The lowest BCUT2D eigenvalue weighted by molar-refractivity contribution is -0.147. The first kappa shape index (κ1) is 22.8. The van der Waals surface area contributed by atoms with E-state index in [1.54, 1.807) is 0 Å². The first-order valence-electron chi connectivity index (χ1n) is 12.1. The van der Waals surface area contributed by atoms with E-state index < -0.39 is 0 Å². The minimum Gasteiger partial charge on any atom is -0.466 e. The van der Waals surface area contributed by atoms with Crippen LogP contribution < -0.4 is 5.32 Å². The number of hydrogen-bond donors (Lipinski definition) is 1. The van der Waals surface area contributed by atoms with Gasteiger partial charge in [0.15, 0.2) is 0 Å². The number of nitrogens with one attached hydrogen (secondary N) is 1. The lowest BCUT2D eigenvalue weighted by atomic mass is 10.00. The van der Waals surface area contributed by atoms with Crippen molar-refractivity contribution in [3.8, 4) is 34.0 Å². The largest absolute Gasteiger partial charge is 0.466 e. The molecule has 1 unspecified atom stereocenters. The Labute approximate surface area is 205 Å². The van der Waals surface area contributed by atoms with Gasteiger partial charge in [-0.2, -0.15) is 4.98 Å². The highest BCUT2D eigenvalue weighted by Gasteiger charge is 2.31. The second-order valence-electron chi connectivity index (χ2n) is 8.97. The molecule has 3 aromatic carbocycles. The average molecular weight is 468 g/mol. The van der Waals surface area contributed by atoms with Gasteiger partial charge in [-0.15, -0.1) is 0 Å². The van der Waals surface area contributed by atoms with E-state index in [0.29, 0.717) is 18.3 Å². The molecule has 0 amide bonds. The Morgan fingerprint density at radius 2 is 1.77 bits per heavy atom. The number of carbonyl (C=O) groups excluding carboxylic acids is 1. The molecule has 35 heavy (non-hydrogen) atoms. The molecule has 4 aromatic rings. The van der Waals surface area contributed by atoms with Gasteiger partial charge < -0.3 is 14.6 Å². The average Bonchev–Trinajstić information content (AvgIpc) is 3.56. The highest BCUT2D eigenvalue weighted by atomic mass is 16.5. The third kappa shape index (κ3) is 4.97. The first-order valence-corrected chi connectivity index (χ1v) is 12.1. The number of hydrogen-bond acceptors (Lipinski definition) is 6. The number of aromatic nitrogens is 2. The molecule has 0 radical (unpaired) electrons. The van der Waals surface area contributed by atoms with Gasteiger partial charge in [-0.1, -0.05) is 53.7 Å². The molecule has 6 heteroatoms. The molecule has 1 saturated carbocycles. The fraction of sp³-hybridized carbons (Fsp3) is 0.276. The lowest BCUT2D eigenvalue weighted by Crippen LogP contribution is -2.20. The van der Waals surface area contributed by atoms with Crippen molar-refractivity contribution in [1.29, 1.82) is 0 Å². The zero-order chi connectivity index (χ0) is 24.2. The standard InChI is InChI=1S/C29H29N3O3/c1-3-34-29(33)22-13-15-23(18-22)30-26-16-14-21(17-19(26)2)27-31-28(35-32-27)25-12-8-7-11-24(25)20-9-5-4-6-10-20/h4-12,14,16-17,22-23,30H,3,13,15,18H2,1-2H3/t22-,23?/m1/s1. The summed E-state index contributed by atoms with van der Waals surface area (Å²) in [6.07, 6.45) is 2.62. The summed E-state index contributed by atoms with van der Waals surface area (Å²) < 4.78 is 10.9. The summed E-state index contributed by atoms with van der Waals surface area (Å²) in [6.45, 7) is 4.35. The minimum absolute atomic E-state index is 0.0106.